The number of carbonyl (C=O) groups is 1. The number of rotatable bonds is 6. The normalized spacial score (nSPS) is 10.5. The number of nitrogens with one attached hydrogen (secondary N) is 1. The minimum Gasteiger partial charge on any atom is -0.481 e. The molecule has 1 N–H and O–H groups in total. The molecule has 3 aromatic rings. The Bertz CT molecular complexity index is 862. The van der Waals surface area contributed by atoms with Gasteiger partial charge in [-0.2, -0.15) is 4.98 Å². The molecule has 0 aliphatic carbocycles. The third kappa shape index (κ3) is 4.20. The van der Waals surface area contributed by atoms with Gasteiger partial charge in [0.2, 0.25) is 0 Å². The van der Waals surface area contributed by atoms with Crippen molar-refractivity contribution in [2.24, 2.45) is 0 Å². The first kappa shape index (κ1) is 16.6. The van der Waals surface area contributed by atoms with E-state index in [1.807, 2.05) is 6.92 Å². The third-order valence-electron chi connectivity index (χ3n) is 3.40. The molecule has 25 heavy (non-hydrogen) atoms. The summed E-state index contributed by atoms with van der Waals surface area (Å²) < 4.78 is 23.7. The van der Waals surface area contributed by atoms with Crippen molar-refractivity contribution < 1.29 is 18.4 Å². The molecule has 7 heteroatoms. The van der Waals surface area contributed by atoms with Crippen LogP contribution in [-0.4, -0.2) is 22.7 Å². The summed E-state index contributed by atoms with van der Waals surface area (Å²) in [4.78, 5) is 16.1. The number of hydrogen-bond donors (Lipinski definition) is 1. The highest BCUT2D eigenvalue weighted by molar-refractivity contribution is 5.92. The van der Waals surface area contributed by atoms with Crippen LogP contribution in [0, 0.1) is 5.82 Å². The SMILES string of the molecule is CCc1noc(-c2ccc(NC(=O)COc3ccccc3F)cc2)n1. The Balaban J connectivity index is 1.57. The number of hydrogen-bond acceptors (Lipinski definition) is 5. The lowest BCUT2D eigenvalue weighted by Gasteiger charge is -2.08. The number of carbonyl (C=O) groups excluding carboxylic acids is 1. The van der Waals surface area contributed by atoms with Gasteiger partial charge in [-0.05, 0) is 36.4 Å². The Morgan fingerprint density at radius 1 is 1.20 bits per heavy atom. The van der Waals surface area contributed by atoms with E-state index in [9.17, 15) is 9.18 Å². The van der Waals surface area contributed by atoms with Crippen molar-refractivity contribution in [3.63, 3.8) is 0 Å². The molecule has 0 fully saturated rings. The molecule has 2 aromatic carbocycles. The number of amides is 1. The number of anilines is 1. The van der Waals surface area contributed by atoms with Gasteiger partial charge in [-0.3, -0.25) is 4.79 Å². The van der Waals surface area contributed by atoms with Crippen molar-refractivity contribution in [2.45, 2.75) is 13.3 Å². The molecule has 0 aliphatic rings. The van der Waals surface area contributed by atoms with Crippen LogP contribution in [0.25, 0.3) is 11.5 Å². The number of halogens is 1. The fourth-order valence-corrected chi connectivity index (χ4v) is 2.11. The second-order valence-electron chi connectivity index (χ2n) is 5.21. The van der Waals surface area contributed by atoms with Gasteiger partial charge >= 0.3 is 0 Å². The number of nitrogens with zero attached hydrogens (tertiary/aromatic N) is 2. The first-order valence-electron chi connectivity index (χ1n) is 7.76. The highest BCUT2D eigenvalue weighted by Crippen LogP contribution is 2.20. The second-order valence-corrected chi connectivity index (χ2v) is 5.21. The summed E-state index contributed by atoms with van der Waals surface area (Å²) in [5, 5.41) is 6.51. The first-order valence-corrected chi connectivity index (χ1v) is 7.76. The second kappa shape index (κ2) is 7.57. The van der Waals surface area contributed by atoms with E-state index in [1.54, 1.807) is 36.4 Å². The Morgan fingerprint density at radius 2 is 1.96 bits per heavy atom. The lowest BCUT2D eigenvalue weighted by molar-refractivity contribution is -0.118. The summed E-state index contributed by atoms with van der Waals surface area (Å²) in [5.41, 5.74) is 1.34. The van der Waals surface area contributed by atoms with E-state index in [-0.39, 0.29) is 18.3 Å². The van der Waals surface area contributed by atoms with E-state index in [2.05, 4.69) is 15.5 Å². The number of aromatic nitrogens is 2. The first-order chi connectivity index (χ1) is 12.2. The minimum absolute atomic E-state index is 0.0381. The van der Waals surface area contributed by atoms with Crippen LogP contribution in [0.15, 0.2) is 53.1 Å². The van der Waals surface area contributed by atoms with E-state index in [0.717, 1.165) is 5.56 Å². The molecule has 3 rings (SSSR count). The van der Waals surface area contributed by atoms with Gasteiger partial charge in [0.15, 0.2) is 24.0 Å². The maximum Gasteiger partial charge on any atom is 0.262 e. The predicted octanol–water partition coefficient (Wildman–Crippen LogP) is 3.46. The molecule has 1 amide bonds. The lowest BCUT2D eigenvalue weighted by Crippen LogP contribution is -2.20. The molecule has 0 radical (unpaired) electrons. The molecule has 1 heterocycles. The fourth-order valence-electron chi connectivity index (χ4n) is 2.11. The van der Waals surface area contributed by atoms with Gasteiger partial charge in [-0.1, -0.05) is 24.2 Å². The van der Waals surface area contributed by atoms with Crippen LogP contribution >= 0.6 is 0 Å². The van der Waals surface area contributed by atoms with Gasteiger partial charge in [-0.15, -0.1) is 0 Å². The Morgan fingerprint density at radius 3 is 2.64 bits per heavy atom. The van der Waals surface area contributed by atoms with Gasteiger partial charge in [0.1, 0.15) is 0 Å². The summed E-state index contributed by atoms with van der Waals surface area (Å²) in [6.07, 6.45) is 0.694. The molecule has 0 unspecified atom stereocenters. The van der Waals surface area contributed by atoms with Crippen molar-refractivity contribution in [3.8, 4) is 17.2 Å². The molecule has 0 saturated heterocycles. The van der Waals surface area contributed by atoms with Crippen LogP contribution < -0.4 is 10.1 Å². The summed E-state index contributed by atoms with van der Waals surface area (Å²) in [5.74, 6) is 0.208. The Hall–Kier alpha value is -3.22. The fraction of sp³-hybridized carbons (Fsp3) is 0.167. The largest absolute Gasteiger partial charge is 0.481 e. The summed E-state index contributed by atoms with van der Waals surface area (Å²) in [7, 11) is 0. The summed E-state index contributed by atoms with van der Waals surface area (Å²) in [6, 6.07) is 12.9. The number of ether oxygens (including phenoxy) is 1. The summed E-state index contributed by atoms with van der Waals surface area (Å²) in [6.45, 7) is 1.66. The van der Waals surface area contributed by atoms with Crippen molar-refractivity contribution in [1.82, 2.24) is 10.1 Å². The molecule has 0 aliphatic heterocycles. The average Bonchev–Trinajstić information content (AvgIpc) is 3.11. The summed E-state index contributed by atoms with van der Waals surface area (Å²) >= 11 is 0. The van der Waals surface area contributed by atoms with E-state index >= 15 is 0 Å². The van der Waals surface area contributed by atoms with Crippen LogP contribution in [0.4, 0.5) is 10.1 Å². The van der Waals surface area contributed by atoms with Gasteiger partial charge < -0.3 is 14.6 Å². The maximum atomic E-state index is 13.4. The van der Waals surface area contributed by atoms with Crippen LogP contribution in [0.3, 0.4) is 0 Å². The van der Waals surface area contributed by atoms with Gasteiger partial charge in [0, 0.05) is 17.7 Å². The average molecular weight is 341 g/mol. The van der Waals surface area contributed by atoms with Crippen LogP contribution in [-0.2, 0) is 11.2 Å². The van der Waals surface area contributed by atoms with Crippen molar-refractivity contribution in [2.75, 3.05) is 11.9 Å². The van der Waals surface area contributed by atoms with Crippen molar-refractivity contribution in [1.29, 1.82) is 0 Å². The molecular formula is C18H16FN3O3. The molecule has 128 valence electrons. The molecule has 0 bridgehead atoms. The lowest BCUT2D eigenvalue weighted by atomic mass is 10.2. The van der Waals surface area contributed by atoms with E-state index in [4.69, 9.17) is 9.26 Å². The van der Waals surface area contributed by atoms with Crippen molar-refractivity contribution in [3.05, 3.63) is 60.2 Å². The van der Waals surface area contributed by atoms with Crippen LogP contribution in [0.2, 0.25) is 0 Å². The molecule has 0 atom stereocenters. The number of aryl methyl sites for hydroxylation is 1. The smallest absolute Gasteiger partial charge is 0.262 e. The third-order valence-corrected chi connectivity index (χ3v) is 3.40. The van der Waals surface area contributed by atoms with Crippen molar-refractivity contribution >= 4 is 11.6 Å². The zero-order valence-electron chi connectivity index (χ0n) is 13.5. The van der Waals surface area contributed by atoms with Crippen LogP contribution in [0.5, 0.6) is 5.75 Å². The highest BCUT2D eigenvalue weighted by Gasteiger charge is 2.09. The van der Waals surface area contributed by atoms with E-state index in [0.29, 0.717) is 23.8 Å². The minimum atomic E-state index is -0.509. The molecule has 0 saturated carbocycles. The number of benzene rings is 2. The highest BCUT2D eigenvalue weighted by atomic mass is 19.1. The van der Waals surface area contributed by atoms with Crippen LogP contribution in [0.1, 0.15) is 12.7 Å². The Labute approximate surface area is 143 Å². The van der Waals surface area contributed by atoms with Gasteiger partial charge in [-0.25, -0.2) is 4.39 Å². The van der Waals surface area contributed by atoms with Gasteiger partial charge in [0.25, 0.3) is 11.8 Å². The molecule has 1 aromatic heterocycles. The zero-order chi connectivity index (χ0) is 17.6. The standard InChI is InChI=1S/C18H16FN3O3/c1-2-16-21-18(25-22-16)12-7-9-13(10-8-12)20-17(23)11-24-15-6-4-3-5-14(15)19/h3-10H,2,11H2,1H3,(H,20,23). The quantitative estimate of drug-likeness (QED) is 0.743. The topological polar surface area (TPSA) is 77.2 Å². The zero-order valence-corrected chi connectivity index (χ0v) is 13.5. The Kier molecular flexibility index (Phi) is 5.03. The molecular weight excluding hydrogens is 325 g/mol. The predicted molar refractivity (Wildman–Crippen MR) is 89.6 cm³/mol. The monoisotopic (exact) mass is 341 g/mol. The van der Waals surface area contributed by atoms with E-state index < -0.39 is 5.82 Å². The molecule has 0 spiro atoms. The maximum absolute atomic E-state index is 13.4. The number of para-hydroxylation sites is 1. The van der Waals surface area contributed by atoms with E-state index in [1.165, 1.54) is 12.1 Å². The molecule has 6 nitrogen and oxygen atoms in total. The van der Waals surface area contributed by atoms with Gasteiger partial charge in [0.05, 0.1) is 0 Å².